The molecule has 0 aliphatic heterocycles. The molecule has 0 aliphatic rings. The summed E-state index contributed by atoms with van der Waals surface area (Å²) in [6, 6.07) is 2.85. The third-order valence-corrected chi connectivity index (χ3v) is 1.63. The highest BCUT2D eigenvalue weighted by atomic mass is 16.5. The Morgan fingerprint density at radius 3 is 2.94 bits per heavy atom. The summed E-state index contributed by atoms with van der Waals surface area (Å²) in [5, 5.41) is 11.7. The van der Waals surface area contributed by atoms with Gasteiger partial charge in [-0.3, -0.25) is 4.79 Å². The zero-order valence-corrected chi connectivity index (χ0v) is 8.34. The fraction of sp³-hybridized carbons (Fsp3) is 0.222. The van der Waals surface area contributed by atoms with Crippen LogP contribution < -0.4 is 11.1 Å². The van der Waals surface area contributed by atoms with Gasteiger partial charge in [0.15, 0.2) is 5.69 Å². The average molecular weight is 225 g/mol. The Morgan fingerprint density at radius 1 is 1.56 bits per heavy atom. The minimum atomic E-state index is -0.907. The van der Waals surface area contributed by atoms with Crippen LogP contribution in [0.15, 0.2) is 18.3 Å². The highest BCUT2D eigenvalue weighted by Crippen LogP contribution is 2.11. The molecule has 7 nitrogen and oxygen atoms in total. The maximum absolute atomic E-state index is 11.4. The van der Waals surface area contributed by atoms with Crippen molar-refractivity contribution in [1.82, 2.24) is 10.3 Å². The fourth-order valence-electron chi connectivity index (χ4n) is 0.972. The van der Waals surface area contributed by atoms with E-state index in [0.717, 1.165) is 0 Å². The molecular weight excluding hydrogens is 214 g/mol. The lowest BCUT2D eigenvalue weighted by molar-refractivity contribution is 0.0929. The second-order valence-corrected chi connectivity index (χ2v) is 2.79. The Morgan fingerprint density at radius 2 is 2.31 bits per heavy atom. The highest BCUT2D eigenvalue weighted by molar-refractivity contribution is 5.94. The van der Waals surface area contributed by atoms with Crippen LogP contribution in [0.1, 0.15) is 10.5 Å². The van der Waals surface area contributed by atoms with Crippen LogP contribution in [0.4, 0.5) is 4.79 Å². The molecule has 0 spiro atoms. The Balaban J connectivity index is 2.41. The molecule has 0 radical (unpaired) electrons. The second kappa shape index (κ2) is 5.54. The number of rotatable bonds is 4. The van der Waals surface area contributed by atoms with Gasteiger partial charge in [0, 0.05) is 6.20 Å². The molecule has 2 amide bonds. The van der Waals surface area contributed by atoms with E-state index >= 15 is 0 Å². The van der Waals surface area contributed by atoms with Crippen molar-refractivity contribution in [2.75, 3.05) is 13.2 Å². The first kappa shape index (κ1) is 11.8. The van der Waals surface area contributed by atoms with Gasteiger partial charge >= 0.3 is 6.09 Å². The Hall–Kier alpha value is -2.31. The van der Waals surface area contributed by atoms with E-state index in [9.17, 15) is 14.7 Å². The predicted octanol–water partition coefficient (Wildman–Crippen LogP) is -0.388. The number of ether oxygens (including phenoxy) is 1. The van der Waals surface area contributed by atoms with E-state index in [-0.39, 0.29) is 24.6 Å². The third-order valence-electron chi connectivity index (χ3n) is 1.63. The maximum Gasteiger partial charge on any atom is 0.404 e. The molecule has 0 aromatic carbocycles. The van der Waals surface area contributed by atoms with Gasteiger partial charge in [-0.15, -0.1) is 0 Å². The number of hydrogen-bond acceptors (Lipinski definition) is 5. The third kappa shape index (κ3) is 3.45. The maximum atomic E-state index is 11.4. The van der Waals surface area contributed by atoms with Crippen LogP contribution in [0.25, 0.3) is 0 Å². The number of carbonyl (C=O) groups is 2. The lowest BCUT2D eigenvalue weighted by Gasteiger charge is -2.05. The number of nitrogens with one attached hydrogen (secondary N) is 1. The van der Waals surface area contributed by atoms with Gasteiger partial charge in [-0.25, -0.2) is 9.78 Å². The van der Waals surface area contributed by atoms with Crippen molar-refractivity contribution in [2.45, 2.75) is 0 Å². The van der Waals surface area contributed by atoms with Crippen LogP contribution in [-0.4, -0.2) is 35.2 Å². The summed E-state index contributed by atoms with van der Waals surface area (Å²) < 4.78 is 4.40. The SMILES string of the molecule is NC(=O)OCCNC(=O)c1ncccc1O. The van der Waals surface area contributed by atoms with Crippen molar-refractivity contribution >= 4 is 12.0 Å². The summed E-state index contributed by atoms with van der Waals surface area (Å²) in [5.41, 5.74) is 4.64. The van der Waals surface area contributed by atoms with Crippen molar-refractivity contribution < 1.29 is 19.4 Å². The summed E-state index contributed by atoms with van der Waals surface area (Å²) in [6.45, 7) is 0.0620. The number of hydrogen-bond donors (Lipinski definition) is 3. The van der Waals surface area contributed by atoms with Crippen LogP contribution >= 0.6 is 0 Å². The summed E-state index contributed by atoms with van der Waals surface area (Å²) in [4.78, 5) is 25.3. The molecule has 0 fully saturated rings. The molecule has 86 valence electrons. The molecule has 1 aromatic rings. The first-order valence-corrected chi connectivity index (χ1v) is 4.45. The summed E-state index contributed by atoms with van der Waals surface area (Å²) >= 11 is 0. The van der Waals surface area contributed by atoms with Crippen LogP contribution in [-0.2, 0) is 4.74 Å². The largest absolute Gasteiger partial charge is 0.505 e. The molecule has 1 heterocycles. The minimum Gasteiger partial charge on any atom is -0.505 e. The summed E-state index contributed by atoms with van der Waals surface area (Å²) in [5.74, 6) is -0.762. The van der Waals surface area contributed by atoms with E-state index in [1.807, 2.05) is 0 Å². The molecule has 0 unspecified atom stereocenters. The number of nitrogens with zero attached hydrogens (tertiary/aromatic N) is 1. The average Bonchev–Trinajstić information content (AvgIpc) is 2.24. The Bertz CT molecular complexity index is 394. The van der Waals surface area contributed by atoms with E-state index < -0.39 is 12.0 Å². The zero-order chi connectivity index (χ0) is 12.0. The molecule has 1 aromatic heterocycles. The van der Waals surface area contributed by atoms with Gasteiger partial charge in [0.25, 0.3) is 5.91 Å². The van der Waals surface area contributed by atoms with Crippen molar-refractivity contribution in [1.29, 1.82) is 0 Å². The summed E-state index contributed by atoms with van der Waals surface area (Å²) in [6.07, 6.45) is 0.476. The van der Waals surface area contributed by atoms with E-state index in [2.05, 4.69) is 15.0 Å². The topological polar surface area (TPSA) is 115 Å². The minimum absolute atomic E-state index is 0.0331. The number of nitrogens with two attached hydrogens (primary N) is 1. The normalized spacial score (nSPS) is 9.50. The van der Waals surface area contributed by atoms with Gasteiger partial charge in [0.2, 0.25) is 0 Å². The number of primary amides is 1. The highest BCUT2D eigenvalue weighted by Gasteiger charge is 2.10. The first-order valence-electron chi connectivity index (χ1n) is 4.45. The number of aromatic hydroxyl groups is 1. The Kier molecular flexibility index (Phi) is 4.07. The monoisotopic (exact) mass is 225 g/mol. The molecule has 0 aliphatic carbocycles. The first-order chi connectivity index (χ1) is 7.61. The molecule has 0 bridgehead atoms. The quantitative estimate of drug-likeness (QED) is 0.604. The van der Waals surface area contributed by atoms with E-state index in [1.54, 1.807) is 0 Å². The van der Waals surface area contributed by atoms with E-state index in [4.69, 9.17) is 5.73 Å². The number of aromatic nitrogens is 1. The van der Waals surface area contributed by atoms with Gasteiger partial charge < -0.3 is 20.9 Å². The van der Waals surface area contributed by atoms with Gasteiger partial charge in [-0.1, -0.05) is 0 Å². The lowest BCUT2D eigenvalue weighted by atomic mass is 10.3. The van der Waals surface area contributed by atoms with Gasteiger partial charge in [-0.2, -0.15) is 0 Å². The van der Waals surface area contributed by atoms with Gasteiger partial charge in [0.1, 0.15) is 12.4 Å². The fourth-order valence-corrected chi connectivity index (χ4v) is 0.972. The molecular formula is C9H11N3O4. The molecule has 0 atom stereocenters. The summed E-state index contributed by atoms with van der Waals surface area (Å²) in [7, 11) is 0. The van der Waals surface area contributed by atoms with E-state index in [1.165, 1.54) is 18.3 Å². The lowest BCUT2D eigenvalue weighted by Crippen LogP contribution is -2.29. The predicted molar refractivity (Wildman–Crippen MR) is 53.8 cm³/mol. The second-order valence-electron chi connectivity index (χ2n) is 2.79. The Labute approximate surface area is 91.2 Å². The van der Waals surface area contributed by atoms with Crippen LogP contribution in [0.5, 0.6) is 5.75 Å². The van der Waals surface area contributed by atoms with Gasteiger partial charge in [0.05, 0.1) is 6.54 Å². The van der Waals surface area contributed by atoms with Gasteiger partial charge in [-0.05, 0) is 12.1 Å². The van der Waals surface area contributed by atoms with Crippen molar-refractivity contribution in [3.8, 4) is 5.75 Å². The molecule has 0 saturated carbocycles. The number of pyridine rings is 1. The van der Waals surface area contributed by atoms with E-state index in [0.29, 0.717) is 0 Å². The number of carbonyl (C=O) groups excluding carboxylic acids is 2. The van der Waals surface area contributed by atoms with Crippen molar-refractivity contribution in [2.24, 2.45) is 5.73 Å². The molecule has 0 saturated heterocycles. The van der Waals surface area contributed by atoms with Crippen LogP contribution in [0, 0.1) is 0 Å². The van der Waals surface area contributed by atoms with Crippen LogP contribution in [0.2, 0.25) is 0 Å². The molecule has 16 heavy (non-hydrogen) atoms. The molecule has 7 heteroatoms. The molecule has 4 N–H and O–H groups in total. The zero-order valence-electron chi connectivity index (χ0n) is 8.34. The molecule has 1 rings (SSSR count). The standard InChI is InChI=1S/C9H11N3O4/c10-9(15)16-5-4-12-8(14)7-6(13)2-1-3-11-7/h1-3,13H,4-5H2,(H2,10,15)(H,12,14). The van der Waals surface area contributed by atoms with Crippen molar-refractivity contribution in [3.63, 3.8) is 0 Å². The van der Waals surface area contributed by atoms with Crippen LogP contribution in [0.3, 0.4) is 0 Å². The van der Waals surface area contributed by atoms with Crippen molar-refractivity contribution in [3.05, 3.63) is 24.0 Å². The number of amides is 2. The smallest absolute Gasteiger partial charge is 0.404 e.